The Kier molecular flexibility index (Phi) is 6.38. The zero-order chi connectivity index (χ0) is 20.1. The molecule has 8 nitrogen and oxygen atoms in total. The second-order valence-corrected chi connectivity index (χ2v) is 7.55. The van der Waals surface area contributed by atoms with Crippen LogP contribution in [0, 0.1) is 5.92 Å². The second kappa shape index (κ2) is 8.95. The summed E-state index contributed by atoms with van der Waals surface area (Å²) in [5.74, 6) is 1.54. The van der Waals surface area contributed by atoms with Crippen LogP contribution in [-0.2, 0) is 11.3 Å². The number of hydrogen-bond donors (Lipinski definition) is 1. The molecule has 1 aliphatic rings. The van der Waals surface area contributed by atoms with E-state index in [0.29, 0.717) is 30.9 Å². The van der Waals surface area contributed by atoms with Gasteiger partial charge in [0.05, 0.1) is 5.56 Å². The molecule has 0 radical (unpaired) electrons. The molecule has 1 aliphatic heterocycles. The molecule has 8 heteroatoms. The lowest BCUT2D eigenvalue weighted by Gasteiger charge is -2.32. The quantitative estimate of drug-likeness (QED) is 0.826. The largest absolute Gasteiger partial charge is 0.338 e. The fourth-order valence-electron chi connectivity index (χ4n) is 3.41. The van der Waals surface area contributed by atoms with Crippen LogP contribution in [0.3, 0.4) is 0 Å². The number of aryl methyl sites for hydroxylation is 1. The monoisotopic (exact) mass is 384 g/mol. The van der Waals surface area contributed by atoms with Crippen molar-refractivity contribution in [3.63, 3.8) is 0 Å². The zero-order valence-corrected chi connectivity index (χ0v) is 16.8. The molecule has 2 aromatic heterocycles. The number of hydrogen-bond acceptors (Lipinski definition) is 5. The average Bonchev–Trinajstić information content (AvgIpc) is 3.15. The van der Waals surface area contributed by atoms with E-state index in [4.69, 9.17) is 0 Å². The molecule has 0 saturated carbocycles. The number of aromatic nitrogens is 4. The van der Waals surface area contributed by atoms with Crippen molar-refractivity contribution in [2.75, 3.05) is 18.4 Å². The molecule has 28 heavy (non-hydrogen) atoms. The van der Waals surface area contributed by atoms with E-state index in [1.807, 2.05) is 27.0 Å². The molecule has 150 valence electrons. The summed E-state index contributed by atoms with van der Waals surface area (Å²) >= 11 is 0. The van der Waals surface area contributed by atoms with Crippen LogP contribution in [0.2, 0.25) is 0 Å². The molecule has 0 bridgehead atoms. The Bertz CT molecular complexity index is 814. The third-order valence-corrected chi connectivity index (χ3v) is 4.95. The molecule has 3 rings (SSSR count). The highest BCUT2D eigenvalue weighted by Gasteiger charge is 2.26. The molecule has 0 spiro atoms. The molecular weight excluding hydrogens is 356 g/mol. The van der Waals surface area contributed by atoms with Gasteiger partial charge in [0.25, 0.3) is 5.91 Å². The predicted molar refractivity (Wildman–Crippen MR) is 106 cm³/mol. The van der Waals surface area contributed by atoms with Crippen molar-refractivity contribution in [3.05, 3.63) is 36.0 Å². The van der Waals surface area contributed by atoms with Crippen molar-refractivity contribution in [2.24, 2.45) is 5.92 Å². The van der Waals surface area contributed by atoms with Gasteiger partial charge in [-0.25, -0.2) is 9.97 Å². The summed E-state index contributed by atoms with van der Waals surface area (Å²) in [4.78, 5) is 35.5. The third-order valence-electron chi connectivity index (χ3n) is 4.95. The number of likely N-dealkylation sites (tertiary alicyclic amines) is 1. The summed E-state index contributed by atoms with van der Waals surface area (Å²) in [7, 11) is 0. The lowest BCUT2D eigenvalue weighted by molar-refractivity contribution is -0.117. The summed E-state index contributed by atoms with van der Waals surface area (Å²) in [5, 5.41) is 7.11. The molecule has 0 aromatic carbocycles. The van der Waals surface area contributed by atoms with E-state index in [1.54, 1.807) is 28.0 Å². The van der Waals surface area contributed by atoms with Crippen molar-refractivity contribution in [1.82, 2.24) is 24.6 Å². The topological polar surface area (TPSA) is 93.0 Å². The van der Waals surface area contributed by atoms with Gasteiger partial charge in [0, 0.05) is 56.6 Å². The molecule has 2 amide bonds. The maximum absolute atomic E-state index is 12.8. The van der Waals surface area contributed by atoms with Crippen LogP contribution in [0.1, 0.15) is 62.1 Å². The highest BCUT2D eigenvalue weighted by atomic mass is 16.2. The number of carbonyl (C=O) groups excluding carboxylic acids is 2. The van der Waals surface area contributed by atoms with Crippen LogP contribution in [0.5, 0.6) is 0 Å². The average molecular weight is 384 g/mol. The van der Waals surface area contributed by atoms with Gasteiger partial charge in [-0.1, -0.05) is 13.8 Å². The summed E-state index contributed by atoms with van der Waals surface area (Å²) in [6.07, 6.45) is 7.24. The van der Waals surface area contributed by atoms with Gasteiger partial charge in [0.2, 0.25) is 5.91 Å². The smallest absolute Gasteiger partial charge is 0.256 e. The number of nitrogens with zero attached hydrogens (tertiary/aromatic N) is 5. The Balaban J connectivity index is 1.55. The van der Waals surface area contributed by atoms with Crippen LogP contribution in [0.25, 0.3) is 0 Å². The van der Waals surface area contributed by atoms with Crippen molar-refractivity contribution in [3.8, 4) is 0 Å². The first-order valence-corrected chi connectivity index (χ1v) is 9.90. The third kappa shape index (κ3) is 4.94. The number of rotatable bonds is 6. The Morgan fingerprint density at radius 1 is 1.29 bits per heavy atom. The van der Waals surface area contributed by atoms with E-state index >= 15 is 0 Å². The molecule has 1 atom stereocenters. The van der Waals surface area contributed by atoms with Gasteiger partial charge in [0.15, 0.2) is 5.82 Å². The fraction of sp³-hybridized carbons (Fsp3) is 0.550. The van der Waals surface area contributed by atoms with Gasteiger partial charge in [-0.3, -0.25) is 14.3 Å². The molecule has 1 N–H and O–H groups in total. The number of anilines is 1. The minimum absolute atomic E-state index is 0.0646. The number of amides is 2. The maximum Gasteiger partial charge on any atom is 0.256 e. The van der Waals surface area contributed by atoms with Crippen LogP contribution in [0.15, 0.2) is 24.7 Å². The van der Waals surface area contributed by atoms with Crippen molar-refractivity contribution in [2.45, 2.75) is 52.5 Å². The Labute approximate surface area is 165 Å². The SMILES string of the molecule is CCn1ccc(NC(=O)C[C@@H]2CCCN(C(=O)c3cnc(C(C)C)nc3)C2)n1. The normalized spacial score (nSPS) is 17.0. The van der Waals surface area contributed by atoms with Crippen LogP contribution < -0.4 is 5.32 Å². The van der Waals surface area contributed by atoms with Crippen molar-refractivity contribution < 1.29 is 9.59 Å². The second-order valence-electron chi connectivity index (χ2n) is 7.55. The van der Waals surface area contributed by atoms with Gasteiger partial charge in [-0.15, -0.1) is 0 Å². The van der Waals surface area contributed by atoms with E-state index < -0.39 is 0 Å². The van der Waals surface area contributed by atoms with E-state index in [9.17, 15) is 9.59 Å². The number of nitrogens with one attached hydrogen (secondary N) is 1. The molecular formula is C20H28N6O2. The Morgan fingerprint density at radius 3 is 2.68 bits per heavy atom. The zero-order valence-electron chi connectivity index (χ0n) is 16.8. The van der Waals surface area contributed by atoms with Crippen LogP contribution in [0.4, 0.5) is 5.82 Å². The van der Waals surface area contributed by atoms with E-state index in [-0.39, 0.29) is 23.7 Å². The summed E-state index contributed by atoms with van der Waals surface area (Å²) in [6, 6.07) is 1.79. The molecule has 1 saturated heterocycles. The van der Waals surface area contributed by atoms with E-state index in [2.05, 4.69) is 20.4 Å². The van der Waals surface area contributed by atoms with Gasteiger partial charge in [-0.2, -0.15) is 5.10 Å². The van der Waals surface area contributed by atoms with Gasteiger partial charge < -0.3 is 10.2 Å². The predicted octanol–water partition coefficient (Wildman–Crippen LogP) is 2.70. The highest BCUT2D eigenvalue weighted by Crippen LogP contribution is 2.22. The molecule has 2 aromatic rings. The van der Waals surface area contributed by atoms with Crippen LogP contribution >= 0.6 is 0 Å². The lowest BCUT2D eigenvalue weighted by Crippen LogP contribution is -2.41. The maximum atomic E-state index is 12.8. The summed E-state index contributed by atoms with van der Waals surface area (Å²) in [5.41, 5.74) is 0.500. The van der Waals surface area contributed by atoms with E-state index in [0.717, 1.165) is 25.2 Å². The first-order chi connectivity index (χ1) is 13.5. The Morgan fingerprint density at radius 2 is 2.04 bits per heavy atom. The standard InChI is InChI=1S/C20H28N6O2/c1-4-26-9-7-17(24-26)23-18(27)10-15-6-5-8-25(13-15)20(28)16-11-21-19(14(2)3)22-12-16/h7,9,11-12,14-15H,4-6,8,10,13H2,1-3H3,(H,23,24,27)/t15-/m0/s1. The summed E-state index contributed by atoms with van der Waals surface area (Å²) in [6.45, 7) is 8.06. The van der Waals surface area contributed by atoms with Crippen LogP contribution in [-0.4, -0.2) is 49.6 Å². The Hall–Kier alpha value is -2.77. The molecule has 3 heterocycles. The first-order valence-electron chi connectivity index (χ1n) is 9.90. The van der Waals surface area contributed by atoms with E-state index in [1.165, 1.54) is 0 Å². The molecule has 0 unspecified atom stereocenters. The fourth-order valence-corrected chi connectivity index (χ4v) is 3.41. The van der Waals surface area contributed by atoms with Gasteiger partial charge in [-0.05, 0) is 25.7 Å². The lowest BCUT2D eigenvalue weighted by atomic mass is 9.94. The molecule has 1 fully saturated rings. The van der Waals surface area contributed by atoms with Gasteiger partial charge >= 0.3 is 0 Å². The first kappa shape index (κ1) is 20.0. The van der Waals surface area contributed by atoms with Crippen molar-refractivity contribution >= 4 is 17.6 Å². The van der Waals surface area contributed by atoms with Gasteiger partial charge in [0.1, 0.15) is 5.82 Å². The molecule has 0 aliphatic carbocycles. The minimum atomic E-state index is -0.0675. The number of carbonyl (C=O) groups is 2. The van der Waals surface area contributed by atoms with Crippen molar-refractivity contribution in [1.29, 1.82) is 0 Å². The highest BCUT2D eigenvalue weighted by molar-refractivity contribution is 5.94. The summed E-state index contributed by atoms with van der Waals surface area (Å²) < 4.78 is 1.77. The minimum Gasteiger partial charge on any atom is -0.338 e. The number of piperidine rings is 1.